The van der Waals surface area contributed by atoms with Gasteiger partial charge in [0.05, 0.1) is 17.4 Å². The fourth-order valence-electron chi connectivity index (χ4n) is 1.98. The largest absolute Gasteiger partial charge is 0.478 e. The van der Waals surface area contributed by atoms with Crippen molar-refractivity contribution in [3.05, 3.63) is 28.8 Å². The van der Waals surface area contributed by atoms with Gasteiger partial charge in [-0.15, -0.1) is 0 Å². The van der Waals surface area contributed by atoms with Crippen LogP contribution in [0.3, 0.4) is 0 Å². The molecule has 1 heterocycles. The number of ether oxygens (including phenoxy) is 1. The number of nitrogens with one attached hydrogen (secondary N) is 2. The van der Waals surface area contributed by atoms with Gasteiger partial charge in [-0.1, -0.05) is 11.6 Å². The molecule has 1 saturated heterocycles. The Morgan fingerprint density at radius 2 is 2.25 bits per heavy atom. The third-order valence-corrected chi connectivity index (χ3v) is 3.21. The lowest BCUT2D eigenvalue weighted by Crippen LogP contribution is -2.35. The topological polar surface area (TPSA) is 87.7 Å². The second-order valence-electron chi connectivity index (χ2n) is 4.47. The summed E-state index contributed by atoms with van der Waals surface area (Å²) in [5.74, 6) is -1.15. The summed E-state index contributed by atoms with van der Waals surface area (Å²) in [5, 5.41) is 14.5. The fraction of sp³-hybridized carbons (Fsp3) is 0.385. The maximum atomic E-state index is 11.7. The number of carbonyl (C=O) groups excluding carboxylic acids is 1. The highest BCUT2D eigenvalue weighted by molar-refractivity contribution is 6.31. The first-order chi connectivity index (χ1) is 9.56. The van der Waals surface area contributed by atoms with Crippen molar-refractivity contribution in [2.24, 2.45) is 0 Å². The third kappa shape index (κ3) is 3.85. The Hall–Kier alpha value is -1.79. The van der Waals surface area contributed by atoms with Gasteiger partial charge in [-0.05, 0) is 31.0 Å². The Balaban J connectivity index is 1.94. The number of halogens is 1. The van der Waals surface area contributed by atoms with E-state index >= 15 is 0 Å². The minimum Gasteiger partial charge on any atom is -0.478 e. The number of hydrogen-bond donors (Lipinski definition) is 3. The quantitative estimate of drug-likeness (QED) is 0.796. The molecular formula is C13H15ClN2O4. The minimum absolute atomic E-state index is 0.0323. The van der Waals surface area contributed by atoms with Gasteiger partial charge in [0.25, 0.3) is 0 Å². The van der Waals surface area contributed by atoms with Crippen LogP contribution in [0.25, 0.3) is 0 Å². The number of carboxylic acids is 1. The van der Waals surface area contributed by atoms with E-state index in [0.29, 0.717) is 18.2 Å². The second-order valence-corrected chi connectivity index (χ2v) is 4.90. The van der Waals surface area contributed by atoms with Gasteiger partial charge < -0.3 is 20.5 Å². The molecular weight excluding hydrogens is 284 g/mol. The molecule has 1 atom stereocenters. The molecule has 2 amide bonds. The van der Waals surface area contributed by atoms with Crippen LogP contribution in [0.15, 0.2) is 18.2 Å². The van der Waals surface area contributed by atoms with Crippen molar-refractivity contribution in [2.75, 3.05) is 18.5 Å². The Morgan fingerprint density at radius 3 is 2.90 bits per heavy atom. The van der Waals surface area contributed by atoms with E-state index in [4.69, 9.17) is 21.4 Å². The van der Waals surface area contributed by atoms with Crippen molar-refractivity contribution < 1.29 is 19.4 Å². The first kappa shape index (κ1) is 14.6. The molecule has 0 bridgehead atoms. The van der Waals surface area contributed by atoms with E-state index in [1.807, 2.05) is 0 Å². The van der Waals surface area contributed by atoms with Crippen molar-refractivity contribution in [1.29, 1.82) is 0 Å². The third-order valence-electron chi connectivity index (χ3n) is 2.97. The first-order valence-electron chi connectivity index (χ1n) is 6.25. The van der Waals surface area contributed by atoms with Crippen molar-refractivity contribution in [3.63, 3.8) is 0 Å². The van der Waals surface area contributed by atoms with Crippen LogP contribution in [0.1, 0.15) is 23.2 Å². The number of carboxylic acid groups (broad SMARTS) is 1. The summed E-state index contributed by atoms with van der Waals surface area (Å²) in [7, 11) is 0. The van der Waals surface area contributed by atoms with E-state index in [2.05, 4.69) is 10.6 Å². The zero-order valence-electron chi connectivity index (χ0n) is 10.7. The number of urea groups is 1. The van der Waals surface area contributed by atoms with Gasteiger partial charge in [-0.2, -0.15) is 0 Å². The normalized spacial score (nSPS) is 17.8. The fourth-order valence-corrected chi connectivity index (χ4v) is 2.15. The highest BCUT2D eigenvalue weighted by Crippen LogP contribution is 2.20. The Labute approximate surface area is 121 Å². The van der Waals surface area contributed by atoms with Gasteiger partial charge >= 0.3 is 12.0 Å². The number of carbonyl (C=O) groups is 2. The van der Waals surface area contributed by atoms with Crippen molar-refractivity contribution >= 4 is 29.3 Å². The van der Waals surface area contributed by atoms with Crippen LogP contribution in [-0.2, 0) is 4.74 Å². The second kappa shape index (κ2) is 6.58. The van der Waals surface area contributed by atoms with Crippen LogP contribution in [0.4, 0.5) is 10.5 Å². The van der Waals surface area contributed by atoms with Crippen molar-refractivity contribution in [2.45, 2.75) is 18.9 Å². The summed E-state index contributed by atoms with van der Waals surface area (Å²) >= 11 is 5.74. The molecule has 108 valence electrons. The summed E-state index contributed by atoms with van der Waals surface area (Å²) in [5.41, 5.74) is 0.150. The van der Waals surface area contributed by atoms with E-state index in [1.165, 1.54) is 18.2 Å². The molecule has 7 heteroatoms. The molecule has 0 aliphatic carbocycles. The molecule has 20 heavy (non-hydrogen) atoms. The van der Waals surface area contributed by atoms with Crippen molar-refractivity contribution in [3.8, 4) is 0 Å². The number of hydrogen-bond acceptors (Lipinski definition) is 3. The van der Waals surface area contributed by atoms with Crippen LogP contribution < -0.4 is 10.6 Å². The zero-order chi connectivity index (χ0) is 14.5. The van der Waals surface area contributed by atoms with Gasteiger partial charge in [0.1, 0.15) is 0 Å². The van der Waals surface area contributed by atoms with Crippen LogP contribution >= 0.6 is 11.6 Å². The van der Waals surface area contributed by atoms with Crippen molar-refractivity contribution in [1.82, 2.24) is 5.32 Å². The maximum absolute atomic E-state index is 11.7. The predicted molar refractivity (Wildman–Crippen MR) is 74.4 cm³/mol. The Bertz CT molecular complexity index is 515. The number of rotatable bonds is 4. The van der Waals surface area contributed by atoms with Gasteiger partial charge in [-0.3, -0.25) is 0 Å². The Morgan fingerprint density at radius 1 is 1.45 bits per heavy atom. The highest BCUT2D eigenvalue weighted by Gasteiger charge is 2.17. The molecule has 0 spiro atoms. The zero-order valence-corrected chi connectivity index (χ0v) is 11.4. The van der Waals surface area contributed by atoms with E-state index in [9.17, 15) is 9.59 Å². The SMILES string of the molecule is O=C(NCC1CCCO1)Nc1ccc(Cl)cc1C(=O)O. The van der Waals surface area contributed by atoms with Crippen LogP contribution in [0.5, 0.6) is 0 Å². The van der Waals surface area contributed by atoms with Crippen LogP contribution in [-0.4, -0.2) is 36.4 Å². The highest BCUT2D eigenvalue weighted by atomic mass is 35.5. The Kier molecular flexibility index (Phi) is 4.81. The molecule has 3 N–H and O–H groups in total. The summed E-state index contributed by atoms with van der Waals surface area (Å²) in [6, 6.07) is 3.80. The van der Waals surface area contributed by atoms with Gasteiger partial charge in [-0.25, -0.2) is 9.59 Å². The summed E-state index contributed by atoms with van der Waals surface area (Å²) in [4.78, 5) is 22.8. The summed E-state index contributed by atoms with van der Waals surface area (Å²) < 4.78 is 5.38. The number of anilines is 1. The number of aromatic carboxylic acids is 1. The molecule has 6 nitrogen and oxygen atoms in total. The molecule has 1 unspecified atom stereocenters. The van der Waals surface area contributed by atoms with Gasteiger partial charge in [0, 0.05) is 18.2 Å². The molecule has 2 rings (SSSR count). The summed E-state index contributed by atoms with van der Waals surface area (Å²) in [6.07, 6.45) is 1.94. The standard InChI is InChI=1S/C13H15ClN2O4/c14-8-3-4-11(10(6-8)12(17)18)16-13(19)15-7-9-2-1-5-20-9/h3-4,6,9H,1-2,5,7H2,(H,17,18)(H2,15,16,19). The minimum atomic E-state index is -1.15. The average molecular weight is 299 g/mol. The van der Waals surface area contributed by atoms with Crippen LogP contribution in [0, 0.1) is 0 Å². The van der Waals surface area contributed by atoms with E-state index in [1.54, 1.807) is 0 Å². The average Bonchev–Trinajstić information content (AvgIpc) is 2.91. The van der Waals surface area contributed by atoms with Gasteiger partial charge in [0.15, 0.2) is 0 Å². The smallest absolute Gasteiger partial charge is 0.337 e. The van der Waals surface area contributed by atoms with E-state index in [-0.39, 0.29) is 17.4 Å². The molecule has 0 aromatic heterocycles. The predicted octanol–water partition coefficient (Wildman–Crippen LogP) is 2.34. The molecule has 0 radical (unpaired) electrons. The first-order valence-corrected chi connectivity index (χ1v) is 6.63. The molecule has 0 saturated carbocycles. The molecule has 1 aromatic carbocycles. The van der Waals surface area contributed by atoms with E-state index in [0.717, 1.165) is 12.8 Å². The molecule has 1 aromatic rings. The number of benzene rings is 1. The van der Waals surface area contributed by atoms with Gasteiger partial charge in [0.2, 0.25) is 0 Å². The maximum Gasteiger partial charge on any atom is 0.337 e. The number of amides is 2. The molecule has 1 aliphatic heterocycles. The summed E-state index contributed by atoms with van der Waals surface area (Å²) in [6.45, 7) is 1.12. The molecule has 1 fully saturated rings. The monoisotopic (exact) mass is 298 g/mol. The lowest BCUT2D eigenvalue weighted by atomic mass is 10.2. The lowest BCUT2D eigenvalue weighted by molar-refractivity contribution is 0.0698. The van der Waals surface area contributed by atoms with E-state index < -0.39 is 12.0 Å². The lowest BCUT2D eigenvalue weighted by Gasteiger charge is -2.13. The van der Waals surface area contributed by atoms with Crippen LogP contribution in [0.2, 0.25) is 5.02 Å². The molecule has 1 aliphatic rings.